The molecule has 1 amide bonds. The van der Waals surface area contributed by atoms with E-state index in [0.29, 0.717) is 5.69 Å². The van der Waals surface area contributed by atoms with Gasteiger partial charge in [-0.3, -0.25) is 14.9 Å². The van der Waals surface area contributed by atoms with Crippen molar-refractivity contribution in [2.75, 3.05) is 5.32 Å². The number of carboxylic acids is 1. The highest BCUT2D eigenvalue weighted by Crippen LogP contribution is 2.30. The molecule has 0 unspecified atom stereocenters. The van der Waals surface area contributed by atoms with Gasteiger partial charge >= 0.3 is 0 Å². The molecule has 0 saturated heterocycles. The number of hydrogen-bond donors (Lipinski definition) is 3. The van der Waals surface area contributed by atoms with E-state index in [1.165, 1.54) is 42.5 Å². The summed E-state index contributed by atoms with van der Waals surface area (Å²) in [5.41, 5.74) is -0.284. The molecule has 9 nitrogen and oxygen atoms in total. The van der Waals surface area contributed by atoms with E-state index in [1.54, 1.807) is 0 Å². The number of para-hydroxylation sites is 1. The third-order valence-electron chi connectivity index (χ3n) is 3.60. The van der Waals surface area contributed by atoms with E-state index in [2.05, 4.69) is 16.0 Å². The van der Waals surface area contributed by atoms with Crippen LogP contribution in [0.4, 0.5) is 11.4 Å². The van der Waals surface area contributed by atoms with Crippen LogP contribution in [0.5, 0.6) is 0 Å². The molecule has 3 N–H and O–H groups in total. The quantitative estimate of drug-likeness (QED) is 0.185. The molecule has 30 heavy (non-hydrogen) atoms. The minimum absolute atomic E-state index is 0.0321. The number of aromatic carboxylic acids is 1. The SMILES string of the molecule is O=C([O-])c1ccc(NC(=S)N[C@H](NC(=O)c2ccccc2[N+](=O)[O-])C(Cl)(Cl)Cl)cc1. The zero-order valence-electron chi connectivity index (χ0n) is 14.7. The van der Waals surface area contributed by atoms with E-state index >= 15 is 0 Å². The third kappa shape index (κ3) is 6.42. The van der Waals surface area contributed by atoms with E-state index in [4.69, 9.17) is 47.0 Å². The van der Waals surface area contributed by atoms with Crippen LogP contribution in [0.2, 0.25) is 0 Å². The lowest BCUT2D eigenvalue weighted by Gasteiger charge is -2.27. The van der Waals surface area contributed by atoms with Gasteiger partial charge in [0.05, 0.1) is 10.9 Å². The number of carbonyl (C=O) groups is 2. The van der Waals surface area contributed by atoms with Gasteiger partial charge in [0, 0.05) is 11.8 Å². The summed E-state index contributed by atoms with van der Waals surface area (Å²) in [6.07, 6.45) is -1.36. The van der Waals surface area contributed by atoms with Gasteiger partial charge in [-0.05, 0) is 36.0 Å². The van der Waals surface area contributed by atoms with E-state index < -0.39 is 32.4 Å². The molecule has 0 spiro atoms. The molecule has 0 fully saturated rings. The molecule has 0 aromatic heterocycles. The van der Waals surface area contributed by atoms with Gasteiger partial charge in [-0.25, -0.2) is 0 Å². The van der Waals surface area contributed by atoms with Gasteiger partial charge in [-0.1, -0.05) is 59.1 Å². The number of rotatable bonds is 6. The summed E-state index contributed by atoms with van der Waals surface area (Å²) in [5, 5.41) is 29.5. The van der Waals surface area contributed by atoms with Crippen molar-refractivity contribution in [1.82, 2.24) is 10.6 Å². The molecule has 2 aromatic rings. The lowest BCUT2D eigenvalue weighted by Crippen LogP contribution is -2.56. The molecule has 0 aliphatic rings. The van der Waals surface area contributed by atoms with Crippen LogP contribution in [0.1, 0.15) is 20.7 Å². The van der Waals surface area contributed by atoms with E-state index in [9.17, 15) is 24.8 Å². The first-order valence-electron chi connectivity index (χ1n) is 7.99. The number of hydrogen-bond acceptors (Lipinski definition) is 6. The average molecular weight is 491 g/mol. The van der Waals surface area contributed by atoms with E-state index in [-0.39, 0.29) is 16.2 Å². The third-order valence-corrected chi connectivity index (χ3v) is 4.48. The first-order chi connectivity index (χ1) is 14.0. The molecule has 0 bridgehead atoms. The number of amides is 1. The molecule has 2 rings (SSSR count). The number of halogens is 3. The van der Waals surface area contributed by atoms with Crippen LogP contribution < -0.4 is 21.1 Å². The first kappa shape index (κ1) is 23.6. The molecule has 0 radical (unpaired) electrons. The summed E-state index contributed by atoms with van der Waals surface area (Å²) >= 11 is 22.8. The summed E-state index contributed by atoms with van der Waals surface area (Å²) in [6.45, 7) is 0. The number of alkyl halides is 3. The van der Waals surface area contributed by atoms with Crippen LogP contribution in [0.3, 0.4) is 0 Å². The second-order valence-electron chi connectivity index (χ2n) is 5.69. The molecule has 158 valence electrons. The molecule has 1 atom stereocenters. The summed E-state index contributed by atoms with van der Waals surface area (Å²) in [7, 11) is 0. The maximum Gasteiger partial charge on any atom is 0.282 e. The summed E-state index contributed by atoms with van der Waals surface area (Å²) in [5.74, 6) is -2.21. The van der Waals surface area contributed by atoms with Crippen LogP contribution in [0.15, 0.2) is 48.5 Å². The lowest BCUT2D eigenvalue weighted by molar-refractivity contribution is -0.385. The summed E-state index contributed by atoms with van der Waals surface area (Å²) in [4.78, 5) is 33.7. The molecule has 0 heterocycles. The predicted molar refractivity (Wildman–Crippen MR) is 115 cm³/mol. The Morgan fingerprint density at radius 3 is 2.17 bits per heavy atom. The zero-order valence-corrected chi connectivity index (χ0v) is 17.8. The van der Waals surface area contributed by atoms with Crippen molar-refractivity contribution in [3.05, 3.63) is 69.8 Å². The molecular weight excluding hydrogens is 479 g/mol. The number of carboxylic acid groups (broad SMARTS) is 1. The number of nitro groups is 1. The maximum atomic E-state index is 12.5. The van der Waals surface area contributed by atoms with Gasteiger partial charge in [-0.15, -0.1) is 0 Å². The van der Waals surface area contributed by atoms with Crippen molar-refractivity contribution in [3.63, 3.8) is 0 Å². The predicted octanol–water partition coefficient (Wildman–Crippen LogP) is 2.37. The van der Waals surface area contributed by atoms with Crippen molar-refractivity contribution in [2.24, 2.45) is 0 Å². The Kier molecular flexibility index (Phi) is 7.79. The topological polar surface area (TPSA) is 136 Å². The van der Waals surface area contributed by atoms with Crippen molar-refractivity contribution < 1.29 is 19.6 Å². The fourth-order valence-electron chi connectivity index (χ4n) is 2.22. The van der Waals surface area contributed by atoms with Crippen LogP contribution in [0.25, 0.3) is 0 Å². The Bertz CT molecular complexity index is 982. The van der Waals surface area contributed by atoms with Gasteiger partial charge < -0.3 is 25.9 Å². The average Bonchev–Trinajstić information content (AvgIpc) is 2.67. The Labute approximate surface area is 190 Å². The normalized spacial score (nSPS) is 11.8. The number of nitrogens with zero attached hydrogens (tertiary/aromatic N) is 1. The summed E-state index contributed by atoms with van der Waals surface area (Å²) in [6, 6.07) is 10.7. The second kappa shape index (κ2) is 9.90. The highest BCUT2D eigenvalue weighted by Gasteiger charge is 2.36. The van der Waals surface area contributed by atoms with Crippen molar-refractivity contribution in [1.29, 1.82) is 0 Å². The fourth-order valence-corrected chi connectivity index (χ4v) is 2.78. The highest BCUT2D eigenvalue weighted by molar-refractivity contribution is 7.80. The van der Waals surface area contributed by atoms with Crippen molar-refractivity contribution in [3.8, 4) is 0 Å². The Morgan fingerprint density at radius 2 is 1.63 bits per heavy atom. The Balaban J connectivity index is 2.13. The second-order valence-corrected chi connectivity index (χ2v) is 8.46. The number of carbonyl (C=O) groups excluding carboxylic acids is 2. The van der Waals surface area contributed by atoms with Gasteiger partial charge in [0.1, 0.15) is 11.7 Å². The minimum Gasteiger partial charge on any atom is -0.545 e. The van der Waals surface area contributed by atoms with Crippen LogP contribution in [-0.2, 0) is 0 Å². The number of anilines is 1. The first-order valence-corrected chi connectivity index (χ1v) is 9.53. The Morgan fingerprint density at radius 1 is 1.03 bits per heavy atom. The van der Waals surface area contributed by atoms with Gasteiger partial charge in [0.2, 0.25) is 3.79 Å². The number of nitrogens with one attached hydrogen (secondary N) is 3. The lowest BCUT2D eigenvalue weighted by atomic mass is 10.1. The number of nitro benzene ring substituents is 1. The maximum absolute atomic E-state index is 12.5. The van der Waals surface area contributed by atoms with E-state index in [0.717, 1.165) is 6.07 Å². The zero-order chi connectivity index (χ0) is 22.5. The largest absolute Gasteiger partial charge is 0.545 e. The van der Waals surface area contributed by atoms with Crippen molar-refractivity contribution in [2.45, 2.75) is 9.96 Å². The van der Waals surface area contributed by atoms with Crippen LogP contribution in [-0.4, -0.2) is 31.9 Å². The standard InChI is InChI=1S/C17H13Cl3N4O5S/c18-17(19,20)15(22-13(25)11-3-1-2-4-12(11)24(28)29)23-16(30)21-10-7-5-9(6-8-10)14(26)27/h1-8,15H,(H,22,25)(H,26,27)(H2,21,23,30)/p-1/t15-/m0/s1. The fraction of sp³-hybridized carbons (Fsp3) is 0.118. The molecular formula is C17H12Cl3N4O5S-. The monoisotopic (exact) mass is 489 g/mol. The van der Waals surface area contributed by atoms with Crippen molar-refractivity contribution >= 4 is 75.4 Å². The van der Waals surface area contributed by atoms with Gasteiger partial charge in [0.25, 0.3) is 11.6 Å². The van der Waals surface area contributed by atoms with Gasteiger partial charge in [-0.2, -0.15) is 0 Å². The minimum atomic E-state index is -2.08. The molecule has 0 aliphatic heterocycles. The highest BCUT2D eigenvalue weighted by atomic mass is 35.6. The van der Waals surface area contributed by atoms with E-state index in [1.807, 2.05) is 0 Å². The summed E-state index contributed by atoms with van der Waals surface area (Å²) < 4.78 is -2.08. The smallest absolute Gasteiger partial charge is 0.282 e. The molecule has 13 heteroatoms. The number of thiocarbonyl (C=S) groups is 1. The van der Waals surface area contributed by atoms with Gasteiger partial charge in [0.15, 0.2) is 5.11 Å². The molecule has 0 saturated carbocycles. The molecule has 0 aliphatic carbocycles. The molecule has 2 aromatic carbocycles. The van der Waals surface area contributed by atoms with Crippen LogP contribution >= 0.6 is 47.0 Å². The Hall–Kier alpha value is -2.66. The number of benzene rings is 2. The van der Waals surface area contributed by atoms with Crippen LogP contribution in [0, 0.1) is 10.1 Å².